The SMILES string of the molecule is CNCCC=Cc1cc(Br)cc(C(=O)O)c1. The number of carboxylic acids is 1. The second-order valence-corrected chi connectivity index (χ2v) is 4.29. The maximum absolute atomic E-state index is 10.8. The Balaban J connectivity index is 2.80. The summed E-state index contributed by atoms with van der Waals surface area (Å²) in [5, 5.41) is 11.9. The lowest BCUT2D eigenvalue weighted by Crippen LogP contribution is -2.05. The summed E-state index contributed by atoms with van der Waals surface area (Å²) in [7, 11) is 1.90. The van der Waals surface area contributed by atoms with Crippen molar-refractivity contribution < 1.29 is 9.90 Å². The standard InChI is InChI=1S/C12H14BrNO2/c1-14-5-3-2-4-9-6-10(12(15)16)8-11(13)7-9/h2,4,6-8,14H,3,5H2,1H3,(H,15,16). The van der Waals surface area contributed by atoms with Crippen molar-refractivity contribution in [2.45, 2.75) is 6.42 Å². The molecule has 2 N–H and O–H groups in total. The Morgan fingerprint density at radius 2 is 2.25 bits per heavy atom. The van der Waals surface area contributed by atoms with Crippen LogP contribution in [0.15, 0.2) is 28.7 Å². The van der Waals surface area contributed by atoms with Crippen molar-refractivity contribution in [1.29, 1.82) is 0 Å². The van der Waals surface area contributed by atoms with Gasteiger partial charge in [-0.05, 0) is 43.8 Å². The van der Waals surface area contributed by atoms with Crippen molar-refractivity contribution in [2.75, 3.05) is 13.6 Å². The summed E-state index contributed by atoms with van der Waals surface area (Å²) in [6, 6.07) is 5.14. The number of benzene rings is 1. The molecule has 0 aromatic heterocycles. The largest absolute Gasteiger partial charge is 0.478 e. The zero-order valence-electron chi connectivity index (χ0n) is 9.03. The minimum atomic E-state index is -0.911. The number of carboxylic acid groups (broad SMARTS) is 1. The molecule has 1 rings (SSSR count). The van der Waals surface area contributed by atoms with E-state index in [1.54, 1.807) is 12.1 Å². The predicted octanol–water partition coefficient (Wildman–Crippen LogP) is 2.77. The lowest BCUT2D eigenvalue weighted by molar-refractivity contribution is 0.0697. The van der Waals surface area contributed by atoms with E-state index in [2.05, 4.69) is 21.2 Å². The number of rotatable bonds is 5. The van der Waals surface area contributed by atoms with Crippen molar-refractivity contribution in [3.05, 3.63) is 39.9 Å². The van der Waals surface area contributed by atoms with Crippen molar-refractivity contribution in [3.8, 4) is 0 Å². The molecule has 1 aromatic rings. The first-order chi connectivity index (χ1) is 7.63. The van der Waals surface area contributed by atoms with Crippen LogP contribution in [0, 0.1) is 0 Å². The lowest BCUT2D eigenvalue weighted by Gasteiger charge is -1.99. The number of hydrogen-bond acceptors (Lipinski definition) is 2. The van der Waals surface area contributed by atoms with Crippen LogP contribution in [0.1, 0.15) is 22.3 Å². The molecule has 0 amide bonds. The van der Waals surface area contributed by atoms with E-state index in [1.165, 1.54) is 0 Å². The van der Waals surface area contributed by atoms with Gasteiger partial charge in [-0.3, -0.25) is 0 Å². The van der Waals surface area contributed by atoms with Crippen LogP contribution in [0.5, 0.6) is 0 Å². The van der Waals surface area contributed by atoms with E-state index in [0.29, 0.717) is 5.56 Å². The van der Waals surface area contributed by atoms with Gasteiger partial charge in [0.1, 0.15) is 0 Å². The molecule has 86 valence electrons. The smallest absolute Gasteiger partial charge is 0.335 e. The molecule has 0 atom stereocenters. The van der Waals surface area contributed by atoms with Crippen molar-refractivity contribution in [2.24, 2.45) is 0 Å². The molecule has 0 fully saturated rings. The fraction of sp³-hybridized carbons (Fsp3) is 0.250. The van der Waals surface area contributed by atoms with E-state index < -0.39 is 5.97 Å². The average molecular weight is 284 g/mol. The first-order valence-electron chi connectivity index (χ1n) is 4.98. The van der Waals surface area contributed by atoms with Crippen LogP contribution < -0.4 is 5.32 Å². The highest BCUT2D eigenvalue weighted by Crippen LogP contribution is 2.17. The van der Waals surface area contributed by atoms with Crippen LogP contribution >= 0.6 is 15.9 Å². The zero-order chi connectivity index (χ0) is 12.0. The third kappa shape index (κ3) is 4.16. The molecular formula is C12H14BrNO2. The fourth-order valence-corrected chi connectivity index (χ4v) is 1.79. The maximum Gasteiger partial charge on any atom is 0.335 e. The van der Waals surface area contributed by atoms with E-state index in [0.717, 1.165) is 23.0 Å². The van der Waals surface area contributed by atoms with Crippen LogP contribution in [-0.4, -0.2) is 24.7 Å². The molecule has 0 heterocycles. The Morgan fingerprint density at radius 3 is 2.88 bits per heavy atom. The van der Waals surface area contributed by atoms with Crippen molar-refractivity contribution >= 4 is 28.0 Å². The number of carbonyl (C=O) groups is 1. The van der Waals surface area contributed by atoms with E-state index in [-0.39, 0.29) is 0 Å². The third-order valence-corrected chi connectivity index (χ3v) is 2.50. The molecule has 4 heteroatoms. The monoisotopic (exact) mass is 283 g/mol. The van der Waals surface area contributed by atoms with Crippen LogP contribution in [0.25, 0.3) is 6.08 Å². The Kier molecular flexibility index (Phi) is 5.22. The fourth-order valence-electron chi connectivity index (χ4n) is 1.28. The Bertz CT molecular complexity index is 402. The molecule has 0 aliphatic heterocycles. The van der Waals surface area contributed by atoms with Crippen molar-refractivity contribution in [3.63, 3.8) is 0 Å². The molecule has 0 saturated heterocycles. The summed E-state index contributed by atoms with van der Waals surface area (Å²) in [6.45, 7) is 0.913. The molecule has 0 aliphatic rings. The van der Waals surface area contributed by atoms with E-state index >= 15 is 0 Å². The average Bonchev–Trinajstić information content (AvgIpc) is 2.23. The second kappa shape index (κ2) is 6.45. The molecule has 16 heavy (non-hydrogen) atoms. The summed E-state index contributed by atoms with van der Waals surface area (Å²) in [5.41, 5.74) is 1.19. The van der Waals surface area contributed by atoms with Gasteiger partial charge in [0, 0.05) is 4.47 Å². The van der Waals surface area contributed by atoms with Gasteiger partial charge in [-0.25, -0.2) is 4.79 Å². The topological polar surface area (TPSA) is 49.3 Å². The molecule has 0 saturated carbocycles. The molecule has 0 bridgehead atoms. The van der Waals surface area contributed by atoms with Gasteiger partial charge in [-0.15, -0.1) is 0 Å². The van der Waals surface area contributed by atoms with Crippen LogP contribution in [-0.2, 0) is 0 Å². The Morgan fingerprint density at radius 1 is 1.50 bits per heavy atom. The van der Waals surface area contributed by atoms with Crippen LogP contribution in [0.2, 0.25) is 0 Å². The van der Waals surface area contributed by atoms with Gasteiger partial charge in [0.15, 0.2) is 0 Å². The van der Waals surface area contributed by atoms with Gasteiger partial charge in [-0.2, -0.15) is 0 Å². The predicted molar refractivity (Wildman–Crippen MR) is 68.7 cm³/mol. The molecule has 1 aromatic carbocycles. The van der Waals surface area contributed by atoms with E-state index in [1.807, 2.05) is 25.3 Å². The summed E-state index contributed by atoms with van der Waals surface area (Å²) < 4.78 is 0.778. The molecule has 0 spiro atoms. The summed E-state index contributed by atoms with van der Waals surface area (Å²) >= 11 is 3.29. The maximum atomic E-state index is 10.8. The minimum Gasteiger partial charge on any atom is -0.478 e. The molecule has 3 nitrogen and oxygen atoms in total. The van der Waals surface area contributed by atoms with Crippen LogP contribution in [0.4, 0.5) is 0 Å². The van der Waals surface area contributed by atoms with Crippen molar-refractivity contribution in [1.82, 2.24) is 5.32 Å². The first kappa shape index (κ1) is 12.9. The lowest BCUT2D eigenvalue weighted by atomic mass is 10.1. The molecule has 0 unspecified atom stereocenters. The number of hydrogen-bond donors (Lipinski definition) is 2. The summed E-state index contributed by atoms with van der Waals surface area (Å²) in [5.74, 6) is -0.911. The normalized spacial score (nSPS) is 10.9. The highest BCUT2D eigenvalue weighted by molar-refractivity contribution is 9.10. The van der Waals surface area contributed by atoms with Gasteiger partial charge in [0.2, 0.25) is 0 Å². The quantitative estimate of drug-likeness (QED) is 0.817. The van der Waals surface area contributed by atoms with Gasteiger partial charge in [0.25, 0.3) is 0 Å². The van der Waals surface area contributed by atoms with Gasteiger partial charge >= 0.3 is 5.97 Å². The molecular weight excluding hydrogens is 270 g/mol. The third-order valence-electron chi connectivity index (χ3n) is 2.04. The highest BCUT2D eigenvalue weighted by atomic mass is 79.9. The Labute approximate surface area is 103 Å². The van der Waals surface area contributed by atoms with Gasteiger partial charge < -0.3 is 10.4 Å². The molecule has 0 radical (unpaired) electrons. The van der Waals surface area contributed by atoms with Crippen LogP contribution in [0.3, 0.4) is 0 Å². The number of aromatic carboxylic acids is 1. The summed E-state index contributed by atoms with van der Waals surface area (Å²) in [6.07, 6.45) is 4.86. The number of nitrogens with one attached hydrogen (secondary N) is 1. The Hall–Kier alpha value is -1.13. The van der Waals surface area contributed by atoms with E-state index in [4.69, 9.17) is 5.11 Å². The second-order valence-electron chi connectivity index (χ2n) is 3.37. The van der Waals surface area contributed by atoms with Gasteiger partial charge in [-0.1, -0.05) is 28.1 Å². The zero-order valence-corrected chi connectivity index (χ0v) is 10.6. The minimum absolute atomic E-state index is 0.294. The van der Waals surface area contributed by atoms with E-state index in [9.17, 15) is 4.79 Å². The number of halogens is 1. The van der Waals surface area contributed by atoms with Gasteiger partial charge in [0.05, 0.1) is 5.56 Å². The molecule has 0 aliphatic carbocycles. The first-order valence-corrected chi connectivity index (χ1v) is 5.78. The highest BCUT2D eigenvalue weighted by Gasteiger charge is 2.04. The summed E-state index contributed by atoms with van der Waals surface area (Å²) in [4.78, 5) is 10.8.